The van der Waals surface area contributed by atoms with Gasteiger partial charge in [0.2, 0.25) is 0 Å². The first-order valence-corrected chi connectivity index (χ1v) is 7.03. The van der Waals surface area contributed by atoms with Crippen molar-refractivity contribution in [3.8, 4) is 11.1 Å². The maximum absolute atomic E-state index is 13.6. The fourth-order valence-corrected chi connectivity index (χ4v) is 2.25. The molecule has 0 spiro atoms. The van der Waals surface area contributed by atoms with Crippen LogP contribution in [0.1, 0.15) is 19.5 Å². The van der Waals surface area contributed by atoms with E-state index in [1.807, 2.05) is 30.5 Å². The summed E-state index contributed by atoms with van der Waals surface area (Å²) < 4.78 is 13.6. The number of alkyl halides is 1. The van der Waals surface area contributed by atoms with Gasteiger partial charge in [0, 0.05) is 29.0 Å². The molecule has 4 nitrogen and oxygen atoms in total. The van der Waals surface area contributed by atoms with Crippen LogP contribution in [-0.4, -0.2) is 26.6 Å². The lowest BCUT2D eigenvalue weighted by Gasteiger charge is -2.12. The van der Waals surface area contributed by atoms with E-state index in [0.29, 0.717) is 5.69 Å². The van der Waals surface area contributed by atoms with Crippen LogP contribution in [0.4, 0.5) is 4.39 Å². The standard InChI is InChI=1S/C17H16FN3O/c1-17(2,18)16(22)7-15-6-13-5-11(14-9-20-21-10-14)3-4-12(13)8-19-15/h3-6,8-10H,7H2,1-2H3,(H,20,21). The van der Waals surface area contributed by atoms with Gasteiger partial charge in [-0.3, -0.25) is 14.9 Å². The molecule has 0 unspecified atom stereocenters. The quantitative estimate of drug-likeness (QED) is 0.802. The van der Waals surface area contributed by atoms with Crippen molar-refractivity contribution in [3.63, 3.8) is 0 Å². The van der Waals surface area contributed by atoms with Gasteiger partial charge in [-0.2, -0.15) is 5.10 Å². The van der Waals surface area contributed by atoms with Crippen LogP contribution in [0.5, 0.6) is 0 Å². The van der Waals surface area contributed by atoms with Crippen LogP contribution < -0.4 is 0 Å². The first kappa shape index (κ1) is 14.4. The molecule has 0 aliphatic rings. The summed E-state index contributed by atoms with van der Waals surface area (Å²) >= 11 is 0. The minimum absolute atomic E-state index is 0.00459. The third-order valence-electron chi connectivity index (χ3n) is 3.61. The number of carbonyl (C=O) groups is 1. The van der Waals surface area contributed by atoms with Crippen molar-refractivity contribution in [2.24, 2.45) is 0 Å². The molecular formula is C17H16FN3O. The SMILES string of the molecule is CC(C)(F)C(=O)Cc1cc2cc(-c3cn[nH]c3)ccc2cn1. The van der Waals surface area contributed by atoms with Gasteiger partial charge in [-0.05, 0) is 36.9 Å². The number of carbonyl (C=O) groups excluding carboxylic acids is 1. The van der Waals surface area contributed by atoms with Gasteiger partial charge < -0.3 is 0 Å². The Morgan fingerprint density at radius 2 is 2.00 bits per heavy atom. The molecule has 3 rings (SSSR count). The number of halogens is 1. The molecule has 0 amide bonds. The number of rotatable bonds is 4. The van der Waals surface area contributed by atoms with E-state index in [2.05, 4.69) is 15.2 Å². The Morgan fingerprint density at radius 3 is 2.68 bits per heavy atom. The molecule has 1 aromatic carbocycles. The summed E-state index contributed by atoms with van der Waals surface area (Å²) in [7, 11) is 0. The van der Waals surface area contributed by atoms with Crippen molar-refractivity contribution in [2.45, 2.75) is 25.9 Å². The minimum Gasteiger partial charge on any atom is -0.296 e. The Labute approximate surface area is 127 Å². The molecule has 112 valence electrons. The average Bonchev–Trinajstić information content (AvgIpc) is 2.99. The van der Waals surface area contributed by atoms with Crippen LogP contribution in [0.15, 0.2) is 42.9 Å². The molecule has 0 atom stereocenters. The van der Waals surface area contributed by atoms with Gasteiger partial charge in [-0.1, -0.05) is 12.1 Å². The van der Waals surface area contributed by atoms with Crippen molar-refractivity contribution in [1.82, 2.24) is 15.2 Å². The number of pyridine rings is 1. The van der Waals surface area contributed by atoms with E-state index in [1.54, 1.807) is 12.4 Å². The largest absolute Gasteiger partial charge is 0.296 e. The molecule has 5 heteroatoms. The maximum Gasteiger partial charge on any atom is 0.175 e. The normalized spacial score (nSPS) is 11.8. The molecule has 2 heterocycles. The zero-order valence-corrected chi connectivity index (χ0v) is 12.4. The molecule has 0 saturated carbocycles. The first-order valence-electron chi connectivity index (χ1n) is 7.03. The van der Waals surface area contributed by atoms with Crippen LogP contribution in [0.25, 0.3) is 21.9 Å². The second-order valence-electron chi connectivity index (χ2n) is 5.80. The lowest BCUT2D eigenvalue weighted by atomic mass is 9.99. The van der Waals surface area contributed by atoms with Crippen LogP contribution >= 0.6 is 0 Å². The predicted molar refractivity (Wildman–Crippen MR) is 83.2 cm³/mol. The molecule has 3 aromatic rings. The van der Waals surface area contributed by atoms with Crippen molar-refractivity contribution >= 4 is 16.6 Å². The molecular weight excluding hydrogens is 281 g/mol. The van der Waals surface area contributed by atoms with Crippen molar-refractivity contribution in [3.05, 3.63) is 48.5 Å². The molecule has 0 radical (unpaired) electrons. The van der Waals surface area contributed by atoms with Gasteiger partial charge in [0.15, 0.2) is 11.5 Å². The topological polar surface area (TPSA) is 58.6 Å². The van der Waals surface area contributed by atoms with Crippen molar-refractivity contribution in [1.29, 1.82) is 0 Å². The van der Waals surface area contributed by atoms with E-state index < -0.39 is 11.5 Å². The zero-order chi connectivity index (χ0) is 15.7. The zero-order valence-electron chi connectivity index (χ0n) is 12.4. The Morgan fingerprint density at radius 1 is 1.18 bits per heavy atom. The second kappa shape index (κ2) is 5.33. The summed E-state index contributed by atoms with van der Waals surface area (Å²) in [6, 6.07) is 7.80. The van der Waals surface area contributed by atoms with Gasteiger partial charge in [0.1, 0.15) is 0 Å². The van der Waals surface area contributed by atoms with E-state index in [1.165, 1.54) is 13.8 Å². The number of hydrogen-bond acceptors (Lipinski definition) is 3. The predicted octanol–water partition coefficient (Wildman–Crippen LogP) is 3.48. The highest BCUT2D eigenvalue weighted by atomic mass is 19.1. The van der Waals surface area contributed by atoms with E-state index in [0.717, 1.165) is 21.9 Å². The number of ketones is 1. The molecule has 0 aliphatic heterocycles. The smallest absolute Gasteiger partial charge is 0.175 e. The molecule has 0 aliphatic carbocycles. The van der Waals surface area contributed by atoms with E-state index >= 15 is 0 Å². The van der Waals surface area contributed by atoms with Gasteiger partial charge >= 0.3 is 0 Å². The average molecular weight is 297 g/mol. The summed E-state index contributed by atoms with van der Waals surface area (Å²) in [5, 5.41) is 8.66. The van der Waals surface area contributed by atoms with Gasteiger partial charge in [0.05, 0.1) is 12.6 Å². The van der Waals surface area contributed by atoms with E-state index in [4.69, 9.17) is 0 Å². The molecule has 1 N–H and O–H groups in total. The number of Topliss-reactive ketones (excluding diaryl/α,β-unsaturated/α-hetero) is 1. The number of benzene rings is 1. The van der Waals surface area contributed by atoms with Gasteiger partial charge in [-0.15, -0.1) is 0 Å². The monoisotopic (exact) mass is 297 g/mol. The Kier molecular flexibility index (Phi) is 3.48. The Bertz CT molecular complexity index is 820. The molecule has 0 fully saturated rings. The molecule has 22 heavy (non-hydrogen) atoms. The Balaban J connectivity index is 1.96. The number of fused-ring (bicyclic) bond motifs is 1. The number of aromatic nitrogens is 3. The summed E-state index contributed by atoms with van der Waals surface area (Å²) in [5.74, 6) is -0.467. The van der Waals surface area contributed by atoms with Crippen molar-refractivity contribution in [2.75, 3.05) is 0 Å². The number of hydrogen-bond donors (Lipinski definition) is 1. The fourth-order valence-electron chi connectivity index (χ4n) is 2.25. The van der Waals surface area contributed by atoms with Crippen LogP contribution in [0.3, 0.4) is 0 Å². The van der Waals surface area contributed by atoms with E-state index in [9.17, 15) is 9.18 Å². The van der Waals surface area contributed by atoms with Gasteiger partial charge in [-0.25, -0.2) is 4.39 Å². The summed E-state index contributed by atoms with van der Waals surface area (Å²) in [5.41, 5.74) is 0.749. The highest BCUT2D eigenvalue weighted by molar-refractivity contribution is 5.90. The highest BCUT2D eigenvalue weighted by Gasteiger charge is 2.26. The molecule has 2 aromatic heterocycles. The Hall–Kier alpha value is -2.56. The molecule has 0 bridgehead atoms. The fraction of sp³-hybridized carbons (Fsp3) is 0.235. The second-order valence-corrected chi connectivity index (χ2v) is 5.80. The number of aromatic amines is 1. The maximum atomic E-state index is 13.6. The number of H-pyrrole nitrogens is 1. The lowest BCUT2D eigenvalue weighted by molar-refractivity contribution is -0.127. The van der Waals surface area contributed by atoms with Gasteiger partial charge in [0.25, 0.3) is 0 Å². The third kappa shape index (κ3) is 2.88. The highest BCUT2D eigenvalue weighted by Crippen LogP contribution is 2.24. The summed E-state index contributed by atoms with van der Waals surface area (Å²) in [4.78, 5) is 16.0. The lowest BCUT2D eigenvalue weighted by Crippen LogP contribution is -2.27. The van der Waals surface area contributed by atoms with Crippen LogP contribution in [0, 0.1) is 0 Å². The number of nitrogens with zero attached hydrogens (tertiary/aromatic N) is 2. The van der Waals surface area contributed by atoms with Crippen molar-refractivity contribution < 1.29 is 9.18 Å². The minimum atomic E-state index is -1.84. The first-order chi connectivity index (χ1) is 10.4. The summed E-state index contributed by atoms with van der Waals surface area (Å²) in [6.45, 7) is 2.54. The van der Waals surface area contributed by atoms with Crippen LogP contribution in [0.2, 0.25) is 0 Å². The summed E-state index contributed by atoms with van der Waals surface area (Å²) in [6.07, 6.45) is 5.27. The molecule has 0 saturated heterocycles. The third-order valence-corrected chi connectivity index (χ3v) is 3.61. The van der Waals surface area contributed by atoms with E-state index in [-0.39, 0.29) is 6.42 Å². The number of nitrogens with one attached hydrogen (secondary N) is 1. The van der Waals surface area contributed by atoms with Crippen LogP contribution in [-0.2, 0) is 11.2 Å².